The maximum atomic E-state index is 13.1. The van der Waals surface area contributed by atoms with Gasteiger partial charge < -0.3 is 25.7 Å². The van der Waals surface area contributed by atoms with Gasteiger partial charge in [-0.05, 0) is 146 Å². The van der Waals surface area contributed by atoms with E-state index in [1.54, 1.807) is 24.3 Å². The highest BCUT2D eigenvalue weighted by Gasteiger charge is 2.63. The van der Waals surface area contributed by atoms with Crippen molar-refractivity contribution in [3.63, 3.8) is 0 Å². The lowest BCUT2D eigenvalue weighted by Crippen LogP contribution is -2.59. The lowest BCUT2D eigenvalue weighted by atomic mass is 9.43. The third-order valence-electron chi connectivity index (χ3n) is 12.5. The summed E-state index contributed by atoms with van der Waals surface area (Å²) in [5.74, 6) is 3.64. The number of hydrogen-bond donors (Lipinski definition) is 2. The molecule has 0 aliphatic heterocycles. The lowest BCUT2D eigenvalue weighted by molar-refractivity contribution is -0.200. The van der Waals surface area contributed by atoms with Crippen molar-refractivity contribution >= 4 is 17.3 Å². The molecule has 0 spiro atoms. The second kappa shape index (κ2) is 11.3. The molecular weight excluding hydrogens is 536 g/mol. The van der Waals surface area contributed by atoms with E-state index in [0.717, 1.165) is 49.0 Å². The van der Waals surface area contributed by atoms with Gasteiger partial charge in [0.1, 0.15) is 11.9 Å². The number of anilines is 2. The van der Waals surface area contributed by atoms with Crippen LogP contribution in [0.1, 0.15) is 96.3 Å². The molecule has 0 amide bonds. The quantitative estimate of drug-likeness (QED) is 0.201. The summed E-state index contributed by atoms with van der Waals surface area (Å²) in [7, 11) is 0. The molecule has 6 nitrogen and oxygen atoms in total. The predicted octanol–water partition coefficient (Wildman–Crippen LogP) is 8.11. The molecule has 4 saturated carbocycles. The summed E-state index contributed by atoms with van der Waals surface area (Å²) in [6.45, 7) is 12.7. The van der Waals surface area contributed by atoms with Crippen molar-refractivity contribution in [2.45, 2.75) is 98.2 Å². The van der Waals surface area contributed by atoms with Gasteiger partial charge in [0.2, 0.25) is 0 Å². The largest absolute Gasteiger partial charge is 0.468 e. The number of nitrogen functional groups attached to an aromatic ring is 2. The molecule has 4 aliphatic rings. The maximum Gasteiger partial charge on any atom is 0.338 e. The lowest BCUT2D eigenvalue weighted by Gasteiger charge is -2.63. The third kappa shape index (κ3) is 5.65. The van der Waals surface area contributed by atoms with Crippen molar-refractivity contribution in [2.75, 3.05) is 18.3 Å². The van der Waals surface area contributed by atoms with Gasteiger partial charge in [-0.2, -0.15) is 0 Å². The first-order valence-electron chi connectivity index (χ1n) is 16.5. The molecule has 0 radical (unpaired) electrons. The van der Waals surface area contributed by atoms with Gasteiger partial charge in [0.25, 0.3) is 0 Å². The van der Waals surface area contributed by atoms with Crippen LogP contribution >= 0.6 is 0 Å². The molecule has 0 heterocycles. The van der Waals surface area contributed by atoms with Crippen LogP contribution in [0.5, 0.6) is 5.75 Å². The van der Waals surface area contributed by atoms with E-state index in [0.29, 0.717) is 39.8 Å². The summed E-state index contributed by atoms with van der Waals surface area (Å²) in [5.41, 5.74) is 14.5. The molecule has 4 fully saturated rings. The van der Waals surface area contributed by atoms with Gasteiger partial charge in [-0.15, -0.1) is 0 Å². The van der Waals surface area contributed by atoms with Gasteiger partial charge in [0.05, 0.1) is 11.7 Å². The zero-order valence-corrected chi connectivity index (χ0v) is 26.8. The molecule has 234 valence electrons. The molecule has 0 bridgehead atoms. The van der Waals surface area contributed by atoms with Crippen molar-refractivity contribution < 1.29 is 19.0 Å². The van der Waals surface area contributed by atoms with E-state index in [9.17, 15) is 4.79 Å². The average molecular weight is 589 g/mol. The first kappa shape index (κ1) is 30.3. The Hall–Kier alpha value is -2.73. The highest BCUT2D eigenvalue weighted by molar-refractivity contribution is 5.89. The monoisotopic (exact) mass is 588 g/mol. The number of esters is 1. The number of carbonyl (C=O) groups is 1. The van der Waals surface area contributed by atoms with Crippen LogP contribution in [-0.2, 0) is 9.47 Å². The van der Waals surface area contributed by atoms with Gasteiger partial charge in [0.15, 0.2) is 6.79 Å². The molecule has 6 rings (SSSR count). The van der Waals surface area contributed by atoms with E-state index in [4.69, 9.17) is 25.7 Å². The van der Waals surface area contributed by atoms with E-state index in [1.165, 1.54) is 25.7 Å². The maximum absolute atomic E-state index is 13.1. The standard InChI is InChI=1S/C37H52N2O4/c1-35(2,3)33-15-14-29-28-21-32(42-22-41-26-12-10-25(39)11-13-26)31-20-27(43-34(40)23-6-8-24(38)9-7-23)16-18-36(31,4)30(28)17-19-37(29,33)5/h6-13,27-33H,14-22,38-39H2,1-5H3. The molecule has 9 atom stereocenters. The molecule has 43 heavy (non-hydrogen) atoms. The SMILES string of the molecule is CC(C)(C)C1CCC2C3CC(OCOc4ccc(N)cc4)C4CC(OC(=O)c5ccc(N)cc5)CCC4(C)C3CCC21C. The number of hydrogen-bond acceptors (Lipinski definition) is 6. The summed E-state index contributed by atoms with van der Waals surface area (Å²) in [6, 6.07) is 14.5. The summed E-state index contributed by atoms with van der Waals surface area (Å²) < 4.78 is 18.9. The Morgan fingerprint density at radius 2 is 1.44 bits per heavy atom. The Morgan fingerprint density at radius 1 is 0.814 bits per heavy atom. The van der Waals surface area contributed by atoms with Crippen molar-refractivity contribution in [3.8, 4) is 5.75 Å². The fourth-order valence-electron chi connectivity index (χ4n) is 10.5. The molecule has 4 N–H and O–H groups in total. The van der Waals surface area contributed by atoms with E-state index in [-0.39, 0.29) is 30.4 Å². The van der Waals surface area contributed by atoms with E-state index >= 15 is 0 Å². The number of carbonyl (C=O) groups excluding carboxylic acids is 1. The van der Waals surface area contributed by atoms with E-state index in [1.807, 2.05) is 24.3 Å². The van der Waals surface area contributed by atoms with Crippen molar-refractivity contribution in [1.29, 1.82) is 0 Å². The number of nitrogens with two attached hydrogens (primary N) is 2. The van der Waals surface area contributed by atoms with Crippen molar-refractivity contribution in [2.24, 2.45) is 45.8 Å². The number of ether oxygens (including phenoxy) is 3. The average Bonchev–Trinajstić information content (AvgIpc) is 3.33. The highest BCUT2D eigenvalue weighted by Crippen LogP contribution is 2.69. The van der Waals surface area contributed by atoms with Crippen LogP contribution in [0.15, 0.2) is 48.5 Å². The van der Waals surface area contributed by atoms with Crippen molar-refractivity contribution in [1.82, 2.24) is 0 Å². The first-order chi connectivity index (χ1) is 20.4. The van der Waals surface area contributed by atoms with Crippen LogP contribution in [0.25, 0.3) is 0 Å². The molecule has 9 unspecified atom stereocenters. The minimum absolute atomic E-state index is 0.0640. The Kier molecular flexibility index (Phi) is 7.98. The number of benzene rings is 2. The predicted molar refractivity (Wildman–Crippen MR) is 171 cm³/mol. The number of rotatable bonds is 6. The van der Waals surface area contributed by atoms with Gasteiger partial charge in [-0.3, -0.25) is 0 Å². The molecular formula is C37H52N2O4. The summed E-state index contributed by atoms with van der Waals surface area (Å²) in [5, 5.41) is 0. The van der Waals surface area contributed by atoms with Crippen molar-refractivity contribution in [3.05, 3.63) is 54.1 Å². The normalized spacial score (nSPS) is 37.1. The second-order valence-electron chi connectivity index (χ2n) is 15.7. The molecule has 0 saturated heterocycles. The van der Waals surface area contributed by atoms with Crippen LogP contribution in [0.3, 0.4) is 0 Å². The van der Waals surface area contributed by atoms with Crippen LogP contribution in [-0.4, -0.2) is 25.0 Å². The van der Waals surface area contributed by atoms with Crippen LogP contribution in [0, 0.1) is 45.8 Å². The minimum Gasteiger partial charge on any atom is -0.468 e. The highest BCUT2D eigenvalue weighted by atomic mass is 16.7. The van der Waals surface area contributed by atoms with Crippen LogP contribution in [0.4, 0.5) is 11.4 Å². The van der Waals surface area contributed by atoms with Gasteiger partial charge in [0, 0.05) is 11.4 Å². The molecule has 2 aromatic carbocycles. The smallest absolute Gasteiger partial charge is 0.338 e. The van der Waals surface area contributed by atoms with E-state index < -0.39 is 0 Å². The van der Waals surface area contributed by atoms with Gasteiger partial charge in [-0.1, -0.05) is 34.6 Å². The molecule has 4 aliphatic carbocycles. The molecule has 0 aromatic heterocycles. The Balaban J connectivity index is 1.23. The second-order valence-corrected chi connectivity index (χ2v) is 15.7. The van der Waals surface area contributed by atoms with Gasteiger partial charge in [-0.25, -0.2) is 4.79 Å². The topological polar surface area (TPSA) is 96.8 Å². The Labute approximate surface area is 258 Å². The summed E-state index contributed by atoms with van der Waals surface area (Å²) in [6.07, 6.45) is 9.09. The molecule has 2 aromatic rings. The number of fused-ring (bicyclic) bond motifs is 5. The zero-order valence-electron chi connectivity index (χ0n) is 26.8. The summed E-state index contributed by atoms with van der Waals surface area (Å²) >= 11 is 0. The summed E-state index contributed by atoms with van der Waals surface area (Å²) in [4.78, 5) is 13.1. The fourth-order valence-corrected chi connectivity index (χ4v) is 10.5. The Morgan fingerprint density at radius 3 is 2.12 bits per heavy atom. The van der Waals surface area contributed by atoms with Crippen LogP contribution < -0.4 is 16.2 Å². The van der Waals surface area contributed by atoms with Crippen LogP contribution in [0.2, 0.25) is 0 Å². The third-order valence-corrected chi connectivity index (χ3v) is 12.5. The fraction of sp³-hybridized carbons (Fsp3) is 0.649. The zero-order chi connectivity index (χ0) is 30.6. The van der Waals surface area contributed by atoms with E-state index in [2.05, 4.69) is 34.6 Å². The first-order valence-corrected chi connectivity index (χ1v) is 16.5. The minimum atomic E-state index is -0.265. The Bertz CT molecular complexity index is 1290. The molecule has 6 heteroatoms. The van der Waals surface area contributed by atoms with Gasteiger partial charge >= 0.3 is 5.97 Å².